The summed E-state index contributed by atoms with van der Waals surface area (Å²) in [4.78, 5) is 13.1. The zero-order chi connectivity index (χ0) is 20.5. The normalized spacial score (nSPS) is 15.6. The lowest BCUT2D eigenvalue weighted by atomic mass is 10.1. The standard InChI is InChI=1S/C19H19Cl2FN2O3S/c1-13(25)15-3-5-19(18(22)11-15)23-6-8-24(9-7-23)28(26,27)12-14-2-4-16(20)17(21)10-14/h2-5,10-11H,6-9,12H2,1H3. The van der Waals surface area contributed by atoms with Gasteiger partial charge in [0, 0.05) is 31.7 Å². The van der Waals surface area contributed by atoms with Gasteiger partial charge in [-0.25, -0.2) is 12.8 Å². The molecule has 0 amide bonds. The Kier molecular flexibility index (Phi) is 6.29. The van der Waals surface area contributed by atoms with Crippen molar-refractivity contribution >= 4 is 44.7 Å². The molecule has 0 aromatic heterocycles. The fraction of sp³-hybridized carbons (Fsp3) is 0.316. The van der Waals surface area contributed by atoms with Gasteiger partial charge in [0.25, 0.3) is 0 Å². The molecule has 2 aromatic carbocycles. The lowest BCUT2D eigenvalue weighted by Crippen LogP contribution is -2.49. The van der Waals surface area contributed by atoms with E-state index in [1.54, 1.807) is 35.2 Å². The summed E-state index contributed by atoms with van der Waals surface area (Å²) in [7, 11) is -3.53. The molecule has 0 bridgehead atoms. The van der Waals surface area contributed by atoms with Crippen LogP contribution in [0.5, 0.6) is 0 Å². The maximum atomic E-state index is 14.3. The summed E-state index contributed by atoms with van der Waals surface area (Å²) in [6.45, 7) is 2.59. The molecular weight excluding hydrogens is 426 g/mol. The second-order valence-corrected chi connectivity index (χ2v) is 9.40. The highest BCUT2D eigenvalue weighted by Gasteiger charge is 2.28. The van der Waals surface area contributed by atoms with Crippen molar-refractivity contribution in [1.82, 2.24) is 4.31 Å². The fourth-order valence-corrected chi connectivity index (χ4v) is 4.94. The minimum atomic E-state index is -3.53. The average Bonchev–Trinajstić information content (AvgIpc) is 2.64. The van der Waals surface area contributed by atoms with Gasteiger partial charge in [0.1, 0.15) is 5.82 Å². The Morgan fingerprint density at radius 2 is 1.71 bits per heavy atom. The minimum Gasteiger partial charge on any atom is -0.367 e. The van der Waals surface area contributed by atoms with Crippen molar-refractivity contribution in [3.8, 4) is 0 Å². The molecule has 0 radical (unpaired) electrons. The molecule has 1 saturated heterocycles. The quantitative estimate of drug-likeness (QED) is 0.654. The zero-order valence-corrected chi connectivity index (χ0v) is 17.5. The zero-order valence-electron chi connectivity index (χ0n) is 15.2. The molecule has 0 spiro atoms. The van der Waals surface area contributed by atoms with Crippen molar-refractivity contribution in [3.05, 3.63) is 63.4 Å². The smallest absolute Gasteiger partial charge is 0.218 e. The van der Waals surface area contributed by atoms with Crippen LogP contribution in [0.3, 0.4) is 0 Å². The molecule has 28 heavy (non-hydrogen) atoms. The van der Waals surface area contributed by atoms with E-state index in [0.29, 0.717) is 39.9 Å². The van der Waals surface area contributed by atoms with Crippen molar-refractivity contribution in [2.45, 2.75) is 12.7 Å². The molecular formula is C19H19Cl2FN2O3S. The Morgan fingerprint density at radius 3 is 2.29 bits per heavy atom. The molecule has 0 saturated carbocycles. The van der Waals surface area contributed by atoms with E-state index in [9.17, 15) is 17.6 Å². The second-order valence-electron chi connectivity index (χ2n) is 6.61. The van der Waals surface area contributed by atoms with Crippen LogP contribution in [0.2, 0.25) is 10.0 Å². The first-order valence-corrected chi connectivity index (χ1v) is 11.0. The summed E-state index contributed by atoms with van der Waals surface area (Å²) in [6, 6.07) is 9.10. The van der Waals surface area contributed by atoms with E-state index in [2.05, 4.69) is 0 Å². The van der Waals surface area contributed by atoms with Gasteiger partial charge in [-0.15, -0.1) is 0 Å². The number of sulfonamides is 1. The van der Waals surface area contributed by atoms with Crippen molar-refractivity contribution in [3.63, 3.8) is 0 Å². The number of ketones is 1. The van der Waals surface area contributed by atoms with Crippen LogP contribution in [0, 0.1) is 5.82 Å². The minimum absolute atomic E-state index is 0.175. The lowest BCUT2D eigenvalue weighted by Gasteiger charge is -2.35. The molecule has 0 N–H and O–H groups in total. The highest BCUT2D eigenvalue weighted by molar-refractivity contribution is 7.88. The van der Waals surface area contributed by atoms with Crippen molar-refractivity contribution in [1.29, 1.82) is 0 Å². The SMILES string of the molecule is CC(=O)c1ccc(N2CCN(S(=O)(=O)Cc3ccc(Cl)c(Cl)c3)CC2)c(F)c1. The summed E-state index contributed by atoms with van der Waals surface area (Å²) >= 11 is 11.8. The van der Waals surface area contributed by atoms with Gasteiger partial charge in [-0.3, -0.25) is 4.79 Å². The molecule has 150 valence electrons. The number of carbonyl (C=O) groups is 1. The molecule has 2 aromatic rings. The molecule has 1 aliphatic heterocycles. The van der Waals surface area contributed by atoms with Crippen LogP contribution >= 0.6 is 23.2 Å². The van der Waals surface area contributed by atoms with Crippen LogP contribution in [0.1, 0.15) is 22.8 Å². The Balaban J connectivity index is 1.67. The predicted molar refractivity (Wildman–Crippen MR) is 109 cm³/mol. The van der Waals surface area contributed by atoms with Gasteiger partial charge in [-0.05, 0) is 42.8 Å². The first-order chi connectivity index (χ1) is 13.2. The Morgan fingerprint density at radius 1 is 1.04 bits per heavy atom. The highest BCUT2D eigenvalue weighted by Crippen LogP contribution is 2.26. The average molecular weight is 445 g/mol. The number of rotatable bonds is 5. The van der Waals surface area contributed by atoms with Crippen LogP contribution in [0.4, 0.5) is 10.1 Å². The second kappa shape index (κ2) is 8.37. The summed E-state index contributed by atoms with van der Waals surface area (Å²) < 4.78 is 41.1. The summed E-state index contributed by atoms with van der Waals surface area (Å²) in [5, 5.41) is 0.679. The third kappa shape index (κ3) is 4.66. The number of halogens is 3. The van der Waals surface area contributed by atoms with Gasteiger partial charge in [-0.2, -0.15) is 4.31 Å². The number of carbonyl (C=O) groups excluding carboxylic acids is 1. The van der Waals surface area contributed by atoms with Gasteiger partial charge < -0.3 is 4.90 Å². The lowest BCUT2D eigenvalue weighted by molar-refractivity contribution is 0.101. The number of Topliss-reactive ketones (excluding diaryl/α,β-unsaturated/α-hetero) is 1. The molecule has 1 fully saturated rings. The van der Waals surface area contributed by atoms with Gasteiger partial charge in [0.2, 0.25) is 10.0 Å². The Labute approximate surface area is 173 Å². The third-order valence-electron chi connectivity index (χ3n) is 4.66. The molecule has 1 heterocycles. The maximum absolute atomic E-state index is 14.3. The molecule has 0 aliphatic carbocycles. The summed E-state index contributed by atoms with van der Waals surface area (Å²) in [5.74, 6) is -0.866. The molecule has 9 heteroatoms. The predicted octanol–water partition coefficient (Wildman–Crippen LogP) is 3.99. The van der Waals surface area contributed by atoms with E-state index in [1.807, 2.05) is 0 Å². The van der Waals surface area contributed by atoms with E-state index >= 15 is 0 Å². The van der Waals surface area contributed by atoms with Crippen LogP contribution in [-0.4, -0.2) is 44.7 Å². The molecule has 3 rings (SSSR count). The van der Waals surface area contributed by atoms with E-state index in [0.717, 1.165) is 0 Å². The topological polar surface area (TPSA) is 57.7 Å². The first kappa shape index (κ1) is 21.0. The summed E-state index contributed by atoms with van der Waals surface area (Å²) in [5.41, 5.74) is 1.23. The summed E-state index contributed by atoms with van der Waals surface area (Å²) in [6.07, 6.45) is 0. The molecule has 5 nitrogen and oxygen atoms in total. The number of benzene rings is 2. The first-order valence-electron chi connectivity index (χ1n) is 8.64. The number of piperazine rings is 1. The van der Waals surface area contributed by atoms with Crippen LogP contribution in [0.15, 0.2) is 36.4 Å². The fourth-order valence-electron chi connectivity index (χ4n) is 3.12. The number of nitrogens with zero attached hydrogens (tertiary/aromatic N) is 2. The van der Waals surface area contributed by atoms with Gasteiger partial charge in [0.15, 0.2) is 5.78 Å². The Bertz CT molecular complexity index is 1010. The number of hydrogen-bond donors (Lipinski definition) is 0. The number of hydrogen-bond acceptors (Lipinski definition) is 4. The van der Waals surface area contributed by atoms with Gasteiger partial charge >= 0.3 is 0 Å². The van der Waals surface area contributed by atoms with Gasteiger partial charge in [-0.1, -0.05) is 29.3 Å². The van der Waals surface area contributed by atoms with Crippen LogP contribution in [0.25, 0.3) is 0 Å². The maximum Gasteiger partial charge on any atom is 0.218 e. The van der Waals surface area contributed by atoms with Crippen LogP contribution in [-0.2, 0) is 15.8 Å². The van der Waals surface area contributed by atoms with Crippen molar-refractivity contribution in [2.24, 2.45) is 0 Å². The van der Waals surface area contributed by atoms with Crippen LogP contribution < -0.4 is 4.90 Å². The van der Waals surface area contributed by atoms with E-state index in [4.69, 9.17) is 23.2 Å². The highest BCUT2D eigenvalue weighted by atomic mass is 35.5. The molecule has 0 atom stereocenters. The third-order valence-corrected chi connectivity index (χ3v) is 7.25. The van der Waals surface area contributed by atoms with Gasteiger partial charge in [0.05, 0.1) is 21.5 Å². The Hall–Kier alpha value is -1.67. The van der Waals surface area contributed by atoms with E-state index in [1.165, 1.54) is 17.3 Å². The largest absolute Gasteiger partial charge is 0.367 e. The molecule has 1 aliphatic rings. The van der Waals surface area contributed by atoms with E-state index < -0.39 is 15.8 Å². The van der Waals surface area contributed by atoms with Crippen molar-refractivity contribution < 1.29 is 17.6 Å². The monoisotopic (exact) mass is 444 g/mol. The number of anilines is 1. The van der Waals surface area contributed by atoms with E-state index in [-0.39, 0.29) is 24.6 Å². The van der Waals surface area contributed by atoms with Crippen molar-refractivity contribution in [2.75, 3.05) is 31.1 Å². The molecule has 0 unspecified atom stereocenters.